The van der Waals surface area contributed by atoms with Crippen molar-refractivity contribution in [2.45, 2.75) is 19.8 Å². The molecule has 0 bridgehead atoms. The van der Waals surface area contributed by atoms with Gasteiger partial charge in [0.2, 0.25) is 5.91 Å². The van der Waals surface area contributed by atoms with E-state index < -0.39 is 0 Å². The highest BCUT2D eigenvalue weighted by molar-refractivity contribution is 5.88. The zero-order valence-electron chi connectivity index (χ0n) is 17.2. The number of piperazine rings is 1. The molecule has 5 rings (SSSR count). The lowest BCUT2D eigenvalue weighted by molar-refractivity contribution is -0.136. The molecule has 2 aromatic heterocycles. The quantitative estimate of drug-likeness (QED) is 0.661. The Morgan fingerprint density at radius 1 is 1.03 bits per heavy atom. The van der Waals surface area contributed by atoms with E-state index in [2.05, 4.69) is 49.2 Å². The van der Waals surface area contributed by atoms with Gasteiger partial charge in [0.1, 0.15) is 17.5 Å². The van der Waals surface area contributed by atoms with Crippen LogP contribution < -0.4 is 9.80 Å². The molecule has 0 aliphatic carbocycles. The standard InChI is InChI=1S/C22H26N6O2/c1-16-19-20(23-15-24-21(19)30-25-16)28-9-5-6-17(14-28)22(29)27-12-10-26(11-13-27)18-7-3-2-4-8-18/h2-4,7-8,15,17H,5-6,9-14H2,1H3. The molecule has 3 aromatic rings. The highest BCUT2D eigenvalue weighted by Gasteiger charge is 2.32. The number of benzene rings is 1. The Morgan fingerprint density at radius 2 is 1.83 bits per heavy atom. The summed E-state index contributed by atoms with van der Waals surface area (Å²) in [4.78, 5) is 28.5. The third-order valence-electron chi connectivity index (χ3n) is 6.21. The fourth-order valence-electron chi connectivity index (χ4n) is 4.60. The van der Waals surface area contributed by atoms with Crippen molar-refractivity contribution in [2.24, 2.45) is 5.92 Å². The number of aromatic nitrogens is 3. The van der Waals surface area contributed by atoms with E-state index in [-0.39, 0.29) is 11.8 Å². The summed E-state index contributed by atoms with van der Waals surface area (Å²) in [7, 11) is 0. The van der Waals surface area contributed by atoms with Crippen LogP contribution in [-0.2, 0) is 4.79 Å². The number of aryl methyl sites for hydroxylation is 1. The molecule has 0 spiro atoms. The van der Waals surface area contributed by atoms with Gasteiger partial charge in [0.15, 0.2) is 0 Å². The molecule has 1 amide bonds. The van der Waals surface area contributed by atoms with Gasteiger partial charge in [-0.15, -0.1) is 0 Å². The molecule has 1 unspecified atom stereocenters. The number of piperidine rings is 1. The molecular weight excluding hydrogens is 380 g/mol. The predicted molar refractivity (Wildman–Crippen MR) is 115 cm³/mol. The summed E-state index contributed by atoms with van der Waals surface area (Å²) in [5.41, 5.74) is 2.51. The molecule has 2 aliphatic heterocycles. The Morgan fingerprint density at radius 3 is 2.63 bits per heavy atom. The van der Waals surface area contributed by atoms with Gasteiger partial charge >= 0.3 is 0 Å². The molecule has 30 heavy (non-hydrogen) atoms. The molecule has 0 N–H and O–H groups in total. The number of anilines is 2. The second-order valence-corrected chi connectivity index (χ2v) is 8.08. The monoisotopic (exact) mass is 406 g/mol. The first-order chi connectivity index (χ1) is 14.7. The molecule has 0 radical (unpaired) electrons. The molecule has 2 fully saturated rings. The van der Waals surface area contributed by atoms with Gasteiger partial charge < -0.3 is 19.2 Å². The summed E-state index contributed by atoms with van der Waals surface area (Å²) in [6.45, 7) is 6.74. The number of fused-ring (bicyclic) bond motifs is 1. The van der Waals surface area contributed by atoms with Crippen molar-refractivity contribution in [3.63, 3.8) is 0 Å². The predicted octanol–water partition coefficient (Wildman–Crippen LogP) is 2.49. The van der Waals surface area contributed by atoms with E-state index in [1.807, 2.05) is 17.9 Å². The van der Waals surface area contributed by atoms with Crippen molar-refractivity contribution in [2.75, 3.05) is 49.1 Å². The Hall–Kier alpha value is -3.16. The molecule has 1 atom stereocenters. The first-order valence-corrected chi connectivity index (χ1v) is 10.6. The van der Waals surface area contributed by atoms with Gasteiger partial charge in [0.25, 0.3) is 5.71 Å². The minimum atomic E-state index is -0.00722. The third kappa shape index (κ3) is 3.46. The number of carbonyl (C=O) groups excluding carboxylic acids is 1. The van der Waals surface area contributed by atoms with Crippen LogP contribution in [-0.4, -0.2) is 65.2 Å². The van der Waals surface area contributed by atoms with Crippen LogP contribution in [0, 0.1) is 12.8 Å². The molecule has 0 saturated carbocycles. The number of nitrogens with zero attached hydrogens (tertiary/aromatic N) is 6. The molecule has 2 saturated heterocycles. The van der Waals surface area contributed by atoms with Crippen molar-refractivity contribution in [3.8, 4) is 0 Å². The van der Waals surface area contributed by atoms with Gasteiger partial charge in [-0.25, -0.2) is 4.98 Å². The zero-order chi connectivity index (χ0) is 20.5. The minimum Gasteiger partial charge on any atom is -0.368 e. The van der Waals surface area contributed by atoms with Gasteiger partial charge in [-0.2, -0.15) is 4.98 Å². The van der Waals surface area contributed by atoms with E-state index in [9.17, 15) is 4.79 Å². The van der Waals surface area contributed by atoms with Crippen LogP contribution in [0.3, 0.4) is 0 Å². The zero-order valence-corrected chi connectivity index (χ0v) is 17.2. The molecule has 156 valence electrons. The Kier molecular flexibility index (Phi) is 4.98. The average molecular weight is 406 g/mol. The molecule has 8 heteroatoms. The van der Waals surface area contributed by atoms with Crippen LogP contribution in [0.4, 0.5) is 11.5 Å². The summed E-state index contributed by atoms with van der Waals surface area (Å²) in [6.07, 6.45) is 3.40. The topological polar surface area (TPSA) is 78.6 Å². The van der Waals surface area contributed by atoms with Crippen LogP contribution in [0.15, 0.2) is 41.2 Å². The molecular formula is C22H26N6O2. The van der Waals surface area contributed by atoms with Gasteiger partial charge in [-0.1, -0.05) is 23.4 Å². The molecule has 8 nitrogen and oxygen atoms in total. The smallest absolute Gasteiger partial charge is 0.263 e. The van der Waals surface area contributed by atoms with Crippen LogP contribution >= 0.6 is 0 Å². The van der Waals surface area contributed by atoms with Crippen LogP contribution in [0.2, 0.25) is 0 Å². The van der Waals surface area contributed by atoms with Gasteiger partial charge in [0, 0.05) is 45.0 Å². The van der Waals surface area contributed by atoms with Crippen LogP contribution in [0.25, 0.3) is 11.1 Å². The second-order valence-electron chi connectivity index (χ2n) is 8.08. The van der Waals surface area contributed by atoms with Crippen molar-refractivity contribution in [1.82, 2.24) is 20.0 Å². The maximum atomic E-state index is 13.3. The summed E-state index contributed by atoms with van der Waals surface area (Å²) >= 11 is 0. The summed E-state index contributed by atoms with van der Waals surface area (Å²) in [6, 6.07) is 10.4. The first kappa shape index (κ1) is 18.8. The maximum absolute atomic E-state index is 13.3. The fraction of sp³-hybridized carbons (Fsp3) is 0.455. The highest BCUT2D eigenvalue weighted by Crippen LogP contribution is 2.30. The number of hydrogen-bond acceptors (Lipinski definition) is 7. The lowest BCUT2D eigenvalue weighted by Crippen LogP contribution is -2.52. The summed E-state index contributed by atoms with van der Waals surface area (Å²) in [5, 5.41) is 4.88. The Bertz CT molecular complexity index is 1030. The van der Waals surface area contributed by atoms with E-state index in [0.29, 0.717) is 12.3 Å². The molecule has 4 heterocycles. The molecule has 2 aliphatic rings. The Labute approximate surface area is 175 Å². The lowest BCUT2D eigenvalue weighted by Gasteiger charge is -2.40. The van der Waals surface area contributed by atoms with E-state index in [1.54, 1.807) is 0 Å². The minimum absolute atomic E-state index is 0.00722. The van der Waals surface area contributed by atoms with E-state index >= 15 is 0 Å². The third-order valence-corrected chi connectivity index (χ3v) is 6.21. The van der Waals surface area contributed by atoms with Crippen LogP contribution in [0.1, 0.15) is 18.5 Å². The van der Waals surface area contributed by atoms with Crippen molar-refractivity contribution >= 4 is 28.5 Å². The number of rotatable bonds is 3. The summed E-state index contributed by atoms with van der Waals surface area (Å²) in [5.74, 6) is 1.08. The largest absolute Gasteiger partial charge is 0.368 e. The van der Waals surface area contributed by atoms with Crippen molar-refractivity contribution < 1.29 is 9.32 Å². The van der Waals surface area contributed by atoms with Gasteiger partial charge in [-0.05, 0) is 31.9 Å². The van der Waals surface area contributed by atoms with Crippen LogP contribution in [0.5, 0.6) is 0 Å². The second kappa shape index (κ2) is 7.93. The first-order valence-electron chi connectivity index (χ1n) is 10.6. The average Bonchev–Trinajstić information content (AvgIpc) is 3.20. The number of para-hydroxylation sites is 1. The Balaban J connectivity index is 1.26. The van der Waals surface area contributed by atoms with E-state index in [0.717, 1.165) is 62.5 Å². The van der Waals surface area contributed by atoms with Crippen molar-refractivity contribution in [1.29, 1.82) is 0 Å². The van der Waals surface area contributed by atoms with Crippen molar-refractivity contribution in [3.05, 3.63) is 42.4 Å². The molecule has 1 aromatic carbocycles. The number of amides is 1. The van der Waals surface area contributed by atoms with Gasteiger partial charge in [0.05, 0.1) is 11.6 Å². The number of carbonyl (C=O) groups is 1. The lowest BCUT2D eigenvalue weighted by atomic mass is 9.96. The SMILES string of the molecule is Cc1noc2ncnc(N3CCCC(C(=O)N4CCN(c5ccccc5)CC4)C3)c12. The summed E-state index contributed by atoms with van der Waals surface area (Å²) < 4.78 is 5.29. The normalized spacial score (nSPS) is 20.0. The van der Waals surface area contributed by atoms with E-state index in [4.69, 9.17) is 4.52 Å². The number of hydrogen-bond donors (Lipinski definition) is 0. The van der Waals surface area contributed by atoms with E-state index in [1.165, 1.54) is 12.0 Å². The highest BCUT2D eigenvalue weighted by atomic mass is 16.5. The van der Waals surface area contributed by atoms with Gasteiger partial charge in [-0.3, -0.25) is 4.79 Å². The fourth-order valence-corrected chi connectivity index (χ4v) is 4.60. The maximum Gasteiger partial charge on any atom is 0.263 e.